The van der Waals surface area contributed by atoms with Crippen LogP contribution < -0.4 is 0 Å². The third-order valence-electron chi connectivity index (χ3n) is 1.76. The molecule has 1 N–H and O–H groups in total. The average molecular weight is 204 g/mol. The number of carboxylic acid groups (broad SMARTS) is 1. The number of hydrogen-bond acceptors (Lipinski definition) is 3. The third kappa shape index (κ3) is 6.63. The number of rotatable bonds is 7. The van der Waals surface area contributed by atoms with Gasteiger partial charge in [0.1, 0.15) is 5.78 Å². The van der Waals surface area contributed by atoms with E-state index in [2.05, 4.69) is 0 Å². The van der Waals surface area contributed by atoms with Gasteiger partial charge >= 0.3 is 5.97 Å². The Bertz CT molecular complexity index is 180. The molecule has 0 heterocycles. The van der Waals surface area contributed by atoms with Crippen molar-refractivity contribution in [2.45, 2.75) is 26.2 Å². The number of thioether (sulfide) groups is 1. The van der Waals surface area contributed by atoms with Crippen LogP contribution in [0.15, 0.2) is 0 Å². The number of carbonyl (C=O) groups is 2. The molecule has 0 aromatic rings. The van der Waals surface area contributed by atoms with E-state index >= 15 is 0 Å². The van der Waals surface area contributed by atoms with E-state index in [1.165, 1.54) is 0 Å². The van der Waals surface area contributed by atoms with Crippen molar-refractivity contribution in [1.29, 1.82) is 0 Å². The smallest absolute Gasteiger partial charge is 0.306 e. The van der Waals surface area contributed by atoms with Gasteiger partial charge in [0, 0.05) is 12.8 Å². The zero-order valence-corrected chi connectivity index (χ0v) is 8.89. The molecule has 0 rings (SSSR count). The number of ketones is 1. The summed E-state index contributed by atoms with van der Waals surface area (Å²) in [5, 5.41) is 8.55. The standard InChI is InChI=1S/C9H16O3S/c1-7(9(11)12)6-8(10)4-3-5-13-2/h7H,3-6H2,1-2H3,(H,11,12). The SMILES string of the molecule is CSCCCC(=O)CC(C)C(=O)O. The van der Waals surface area contributed by atoms with Crippen LogP contribution in [0.1, 0.15) is 26.2 Å². The van der Waals surface area contributed by atoms with Gasteiger partial charge < -0.3 is 5.11 Å². The number of hydrogen-bond donors (Lipinski definition) is 1. The van der Waals surface area contributed by atoms with Crippen LogP contribution in [-0.2, 0) is 9.59 Å². The summed E-state index contributed by atoms with van der Waals surface area (Å²) in [4.78, 5) is 21.6. The molecule has 0 saturated heterocycles. The van der Waals surface area contributed by atoms with Gasteiger partial charge in [0.25, 0.3) is 0 Å². The van der Waals surface area contributed by atoms with Crippen LogP contribution in [0.25, 0.3) is 0 Å². The number of carboxylic acids is 1. The lowest BCUT2D eigenvalue weighted by atomic mass is 10.0. The van der Waals surface area contributed by atoms with E-state index in [0.717, 1.165) is 12.2 Å². The van der Waals surface area contributed by atoms with Crippen LogP contribution in [0.2, 0.25) is 0 Å². The Morgan fingerprint density at radius 3 is 2.54 bits per heavy atom. The van der Waals surface area contributed by atoms with Crippen molar-refractivity contribution < 1.29 is 14.7 Å². The Kier molecular flexibility index (Phi) is 6.68. The molecule has 1 atom stereocenters. The van der Waals surface area contributed by atoms with Crippen LogP contribution in [0, 0.1) is 5.92 Å². The lowest BCUT2D eigenvalue weighted by molar-refractivity contribution is -0.143. The highest BCUT2D eigenvalue weighted by atomic mass is 32.2. The molecule has 76 valence electrons. The van der Waals surface area contributed by atoms with Gasteiger partial charge in [-0.3, -0.25) is 9.59 Å². The first-order valence-electron chi connectivity index (χ1n) is 4.31. The van der Waals surface area contributed by atoms with E-state index in [0.29, 0.717) is 6.42 Å². The molecule has 0 aromatic carbocycles. The number of aliphatic carboxylic acids is 1. The second kappa shape index (κ2) is 6.95. The van der Waals surface area contributed by atoms with E-state index < -0.39 is 11.9 Å². The first-order valence-corrected chi connectivity index (χ1v) is 5.70. The quantitative estimate of drug-likeness (QED) is 0.642. The topological polar surface area (TPSA) is 54.4 Å². The molecule has 0 saturated carbocycles. The summed E-state index contributed by atoms with van der Waals surface area (Å²) in [6.45, 7) is 1.56. The fourth-order valence-electron chi connectivity index (χ4n) is 0.945. The molecule has 0 bridgehead atoms. The minimum absolute atomic E-state index is 0.0592. The van der Waals surface area contributed by atoms with Crippen LogP contribution in [0.3, 0.4) is 0 Å². The second-order valence-corrected chi connectivity index (χ2v) is 4.06. The summed E-state index contributed by atoms with van der Waals surface area (Å²) in [5.74, 6) is -0.406. The molecule has 0 fully saturated rings. The molecular formula is C9H16O3S. The largest absolute Gasteiger partial charge is 0.481 e. The Balaban J connectivity index is 3.56. The molecule has 0 aliphatic carbocycles. The highest BCUT2D eigenvalue weighted by Crippen LogP contribution is 2.07. The van der Waals surface area contributed by atoms with E-state index in [1.54, 1.807) is 18.7 Å². The summed E-state index contributed by atoms with van der Waals surface area (Å²) in [5.41, 5.74) is 0. The van der Waals surface area contributed by atoms with Crippen LogP contribution in [0.5, 0.6) is 0 Å². The van der Waals surface area contributed by atoms with Crippen molar-refractivity contribution in [1.82, 2.24) is 0 Å². The summed E-state index contributed by atoms with van der Waals surface area (Å²) in [6, 6.07) is 0. The minimum atomic E-state index is -0.891. The van der Waals surface area contributed by atoms with Gasteiger partial charge in [-0.1, -0.05) is 6.92 Å². The van der Waals surface area contributed by atoms with Gasteiger partial charge in [0.15, 0.2) is 0 Å². The van der Waals surface area contributed by atoms with Crippen molar-refractivity contribution in [2.75, 3.05) is 12.0 Å². The molecule has 13 heavy (non-hydrogen) atoms. The Morgan fingerprint density at radius 2 is 2.08 bits per heavy atom. The van der Waals surface area contributed by atoms with Crippen molar-refractivity contribution in [3.8, 4) is 0 Å². The fourth-order valence-corrected chi connectivity index (χ4v) is 1.38. The number of carbonyl (C=O) groups excluding carboxylic acids is 1. The van der Waals surface area contributed by atoms with Crippen LogP contribution >= 0.6 is 11.8 Å². The summed E-state index contributed by atoms with van der Waals surface area (Å²) >= 11 is 1.70. The van der Waals surface area contributed by atoms with Crippen LogP contribution in [0.4, 0.5) is 0 Å². The zero-order valence-electron chi connectivity index (χ0n) is 8.08. The van der Waals surface area contributed by atoms with Crippen molar-refractivity contribution in [3.05, 3.63) is 0 Å². The van der Waals surface area contributed by atoms with Gasteiger partial charge in [-0.25, -0.2) is 0 Å². The van der Waals surface area contributed by atoms with Gasteiger partial charge in [0.05, 0.1) is 5.92 Å². The summed E-state index contributed by atoms with van der Waals surface area (Å²) in [6.07, 6.45) is 3.53. The maximum absolute atomic E-state index is 11.2. The molecule has 1 unspecified atom stereocenters. The van der Waals surface area contributed by atoms with E-state index in [1.807, 2.05) is 6.26 Å². The lowest BCUT2D eigenvalue weighted by Crippen LogP contribution is -2.14. The first-order chi connectivity index (χ1) is 6.07. The molecule has 0 spiro atoms. The molecule has 0 aliphatic rings. The monoisotopic (exact) mass is 204 g/mol. The average Bonchev–Trinajstić information content (AvgIpc) is 2.04. The minimum Gasteiger partial charge on any atom is -0.481 e. The lowest BCUT2D eigenvalue weighted by Gasteiger charge is -2.04. The van der Waals surface area contributed by atoms with Crippen LogP contribution in [-0.4, -0.2) is 28.9 Å². The van der Waals surface area contributed by atoms with Gasteiger partial charge in [0.2, 0.25) is 0 Å². The Hall–Kier alpha value is -0.510. The normalized spacial score (nSPS) is 12.5. The van der Waals surface area contributed by atoms with E-state index in [9.17, 15) is 9.59 Å². The maximum atomic E-state index is 11.2. The van der Waals surface area contributed by atoms with E-state index in [4.69, 9.17) is 5.11 Å². The maximum Gasteiger partial charge on any atom is 0.306 e. The van der Waals surface area contributed by atoms with Gasteiger partial charge in [-0.15, -0.1) is 0 Å². The highest BCUT2D eigenvalue weighted by molar-refractivity contribution is 7.98. The second-order valence-electron chi connectivity index (χ2n) is 3.08. The van der Waals surface area contributed by atoms with E-state index in [-0.39, 0.29) is 12.2 Å². The molecule has 0 aromatic heterocycles. The van der Waals surface area contributed by atoms with Crippen molar-refractivity contribution in [2.24, 2.45) is 5.92 Å². The predicted molar refractivity (Wildman–Crippen MR) is 54.0 cm³/mol. The van der Waals surface area contributed by atoms with Gasteiger partial charge in [-0.05, 0) is 18.4 Å². The van der Waals surface area contributed by atoms with Crippen molar-refractivity contribution >= 4 is 23.5 Å². The number of Topliss-reactive ketones (excluding diaryl/α,β-unsaturated/α-hetero) is 1. The fraction of sp³-hybridized carbons (Fsp3) is 0.778. The Labute approximate surface area is 82.9 Å². The molecule has 3 nitrogen and oxygen atoms in total. The molecule has 0 radical (unpaired) electrons. The summed E-state index contributed by atoms with van der Waals surface area (Å²) in [7, 11) is 0. The third-order valence-corrected chi connectivity index (χ3v) is 2.46. The zero-order chi connectivity index (χ0) is 10.3. The summed E-state index contributed by atoms with van der Waals surface area (Å²) < 4.78 is 0. The molecule has 0 aliphatic heterocycles. The first kappa shape index (κ1) is 12.5. The Morgan fingerprint density at radius 1 is 1.46 bits per heavy atom. The predicted octanol–water partition coefficient (Wildman–Crippen LogP) is 1.81. The molecule has 0 amide bonds. The van der Waals surface area contributed by atoms with Gasteiger partial charge in [-0.2, -0.15) is 11.8 Å². The highest BCUT2D eigenvalue weighted by Gasteiger charge is 2.14. The molecular weight excluding hydrogens is 188 g/mol. The van der Waals surface area contributed by atoms with Crippen molar-refractivity contribution in [3.63, 3.8) is 0 Å². The molecule has 4 heteroatoms.